The quantitative estimate of drug-likeness (QED) is 0.638. The first-order valence-electron chi connectivity index (χ1n) is 9.92. The molecule has 7 nitrogen and oxygen atoms in total. The molecule has 0 N–H and O–H groups in total. The molecule has 2 aliphatic rings. The van der Waals surface area contributed by atoms with E-state index in [1.807, 2.05) is 23.1 Å². The monoisotopic (exact) mass is 425 g/mol. The fraction of sp³-hybridized carbons (Fsp3) is 0.318. The maximum atomic E-state index is 13.3. The molecule has 1 saturated heterocycles. The van der Waals surface area contributed by atoms with E-state index in [0.29, 0.717) is 48.4 Å². The van der Waals surface area contributed by atoms with Crippen LogP contribution in [0.4, 0.5) is 0 Å². The second-order valence-electron chi connectivity index (χ2n) is 7.73. The maximum Gasteiger partial charge on any atom is 0.289 e. The SMILES string of the molecule is O=C(c1ccco1)N1CCN(C(=O)C2(c3cc(-c4ccc(Cl)cc4)on3)CC2)CC1. The summed E-state index contributed by atoms with van der Waals surface area (Å²) < 4.78 is 10.7. The highest BCUT2D eigenvalue weighted by molar-refractivity contribution is 6.30. The van der Waals surface area contributed by atoms with Crippen LogP contribution in [0.25, 0.3) is 11.3 Å². The first-order valence-corrected chi connectivity index (χ1v) is 10.3. The van der Waals surface area contributed by atoms with Crippen molar-refractivity contribution in [1.29, 1.82) is 0 Å². The number of halogens is 1. The van der Waals surface area contributed by atoms with Crippen molar-refractivity contribution in [3.8, 4) is 11.3 Å². The molecule has 1 aliphatic carbocycles. The number of nitrogens with zero attached hydrogens (tertiary/aromatic N) is 3. The van der Waals surface area contributed by atoms with Gasteiger partial charge in [0.05, 0.1) is 17.4 Å². The van der Waals surface area contributed by atoms with Gasteiger partial charge in [-0.05, 0) is 49.2 Å². The molecule has 0 atom stereocenters. The van der Waals surface area contributed by atoms with Gasteiger partial charge in [-0.3, -0.25) is 9.59 Å². The molecule has 1 aromatic carbocycles. The van der Waals surface area contributed by atoms with E-state index in [9.17, 15) is 9.59 Å². The topological polar surface area (TPSA) is 79.8 Å². The molecular weight excluding hydrogens is 406 g/mol. The Morgan fingerprint density at radius 3 is 2.33 bits per heavy atom. The van der Waals surface area contributed by atoms with Crippen molar-refractivity contribution in [3.63, 3.8) is 0 Å². The molecule has 2 aromatic heterocycles. The lowest BCUT2D eigenvalue weighted by Gasteiger charge is -2.36. The van der Waals surface area contributed by atoms with Crippen LogP contribution in [0.5, 0.6) is 0 Å². The van der Waals surface area contributed by atoms with E-state index in [2.05, 4.69) is 5.16 Å². The predicted molar refractivity (Wildman–Crippen MR) is 109 cm³/mol. The molecule has 3 aromatic rings. The highest BCUT2D eigenvalue weighted by Gasteiger charge is 2.55. The van der Waals surface area contributed by atoms with Crippen LogP contribution in [-0.4, -0.2) is 52.9 Å². The van der Waals surface area contributed by atoms with Gasteiger partial charge in [0, 0.05) is 42.8 Å². The summed E-state index contributed by atoms with van der Waals surface area (Å²) in [6, 6.07) is 12.5. The Bertz CT molecular complexity index is 1060. The fourth-order valence-corrected chi connectivity index (χ4v) is 4.05. The molecule has 1 saturated carbocycles. The largest absolute Gasteiger partial charge is 0.459 e. The number of furan rings is 1. The number of benzene rings is 1. The Morgan fingerprint density at radius 1 is 1.00 bits per heavy atom. The van der Waals surface area contributed by atoms with E-state index in [1.165, 1.54) is 6.26 Å². The lowest BCUT2D eigenvalue weighted by Crippen LogP contribution is -2.53. The summed E-state index contributed by atoms with van der Waals surface area (Å²) in [5.41, 5.74) is 0.930. The van der Waals surface area contributed by atoms with Gasteiger partial charge in [-0.25, -0.2) is 0 Å². The minimum Gasteiger partial charge on any atom is -0.459 e. The minimum atomic E-state index is -0.610. The number of aromatic nitrogens is 1. The Labute approximate surface area is 178 Å². The number of hydrogen-bond donors (Lipinski definition) is 0. The normalized spacial score (nSPS) is 17.8. The number of amides is 2. The molecule has 1 aliphatic heterocycles. The summed E-state index contributed by atoms with van der Waals surface area (Å²) >= 11 is 5.95. The molecule has 30 heavy (non-hydrogen) atoms. The highest BCUT2D eigenvalue weighted by atomic mass is 35.5. The van der Waals surface area contributed by atoms with Gasteiger partial charge < -0.3 is 18.7 Å². The predicted octanol–water partition coefficient (Wildman–Crippen LogP) is 3.60. The third kappa shape index (κ3) is 3.29. The average Bonchev–Trinajstić information content (AvgIpc) is 3.18. The second-order valence-corrected chi connectivity index (χ2v) is 8.16. The van der Waals surface area contributed by atoms with Crippen LogP contribution in [0.3, 0.4) is 0 Å². The van der Waals surface area contributed by atoms with Crippen LogP contribution in [-0.2, 0) is 10.2 Å². The third-order valence-corrected chi connectivity index (χ3v) is 6.13. The number of carbonyl (C=O) groups is 2. The number of piperazine rings is 1. The van der Waals surface area contributed by atoms with Crippen molar-refractivity contribution in [3.05, 3.63) is 65.2 Å². The zero-order valence-corrected chi connectivity index (χ0v) is 17.0. The van der Waals surface area contributed by atoms with Gasteiger partial charge in [0.25, 0.3) is 5.91 Å². The van der Waals surface area contributed by atoms with E-state index < -0.39 is 5.41 Å². The van der Waals surface area contributed by atoms with Gasteiger partial charge in [0.15, 0.2) is 11.5 Å². The zero-order chi connectivity index (χ0) is 20.7. The van der Waals surface area contributed by atoms with Gasteiger partial charge in [0.1, 0.15) is 0 Å². The Hall–Kier alpha value is -3.06. The van der Waals surface area contributed by atoms with Crippen molar-refractivity contribution in [2.45, 2.75) is 18.3 Å². The zero-order valence-electron chi connectivity index (χ0n) is 16.2. The van der Waals surface area contributed by atoms with Gasteiger partial charge >= 0.3 is 0 Å². The van der Waals surface area contributed by atoms with Crippen LogP contribution in [0.2, 0.25) is 5.02 Å². The number of rotatable bonds is 4. The van der Waals surface area contributed by atoms with Gasteiger partial charge in [0.2, 0.25) is 5.91 Å². The molecule has 5 rings (SSSR count). The van der Waals surface area contributed by atoms with Gasteiger partial charge in [-0.1, -0.05) is 16.8 Å². The summed E-state index contributed by atoms with van der Waals surface area (Å²) in [6.45, 7) is 1.95. The summed E-state index contributed by atoms with van der Waals surface area (Å²) in [7, 11) is 0. The fourth-order valence-electron chi connectivity index (χ4n) is 3.93. The molecule has 154 valence electrons. The summed E-state index contributed by atoms with van der Waals surface area (Å²) in [6.07, 6.45) is 2.99. The Morgan fingerprint density at radius 2 is 1.70 bits per heavy atom. The van der Waals surface area contributed by atoms with E-state index in [-0.39, 0.29) is 11.8 Å². The molecule has 0 radical (unpaired) electrons. The van der Waals surface area contributed by atoms with Crippen LogP contribution in [0.15, 0.2) is 57.7 Å². The van der Waals surface area contributed by atoms with Crippen molar-refractivity contribution in [1.82, 2.24) is 15.0 Å². The molecule has 0 spiro atoms. The molecule has 2 fully saturated rings. The minimum absolute atomic E-state index is 0.0588. The standard InChI is InChI=1S/C22H20ClN3O4/c23-16-5-3-15(4-6-16)18-14-19(24-30-18)22(7-8-22)21(28)26-11-9-25(10-12-26)20(27)17-2-1-13-29-17/h1-6,13-14H,7-12H2. The number of hydrogen-bond acceptors (Lipinski definition) is 5. The molecule has 3 heterocycles. The molecule has 8 heteroatoms. The number of carbonyl (C=O) groups excluding carboxylic acids is 2. The van der Waals surface area contributed by atoms with Crippen molar-refractivity contribution in [2.24, 2.45) is 0 Å². The molecule has 2 amide bonds. The van der Waals surface area contributed by atoms with E-state index >= 15 is 0 Å². The van der Waals surface area contributed by atoms with Crippen LogP contribution < -0.4 is 0 Å². The van der Waals surface area contributed by atoms with Crippen LogP contribution in [0, 0.1) is 0 Å². The summed E-state index contributed by atoms with van der Waals surface area (Å²) in [4.78, 5) is 29.3. The van der Waals surface area contributed by atoms with Gasteiger partial charge in [-0.2, -0.15) is 0 Å². The van der Waals surface area contributed by atoms with E-state index in [4.69, 9.17) is 20.5 Å². The Balaban J connectivity index is 1.27. The van der Waals surface area contributed by atoms with Crippen molar-refractivity contribution < 1.29 is 18.5 Å². The first kappa shape index (κ1) is 18.9. The summed E-state index contributed by atoms with van der Waals surface area (Å²) in [5.74, 6) is 0.862. The van der Waals surface area contributed by atoms with Crippen LogP contribution >= 0.6 is 11.6 Å². The smallest absolute Gasteiger partial charge is 0.289 e. The lowest BCUT2D eigenvalue weighted by atomic mass is 9.99. The first-order chi connectivity index (χ1) is 14.6. The van der Waals surface area contributed by atoms with Crippen molar-refractivity contribution >= 4 is 23.4 Å². The third-order valence-electron chi connectivity index (χ3n) is 5.87. The van der Waals surface area contributed by atoms with E-state index in [0.717, 1.165) is 18.4 Å². The maximum absolute atomic E-state index is 13.3. The Kier molecular flexibility index (Phi) is 4.62. The molecular formula is C22H20ClN3O4. The molecule has 0 bridgehead atoms. The van der Waals surface area contributed by atoms with Gasteiger partial charge in [-0.15, -0.1) is 0 Å². The van der Waals surface area contributed by atoms with Crippen LogP contribution in [0.1, 0.15) is 29.1 Å². The summed E-state index contributed by atoms with van der Waals surface area (Å²) in [5, 5.41) is 4.86. The average molecular weight is 426 g/mol. The lowest BCUT2D eigenvalue weighted by molar-refractivity contribution is -0.135. The van der Waals surface area contributed by atoms with E-state index in [1.54, 1.807) is 29.2 Å². The van der Waals surface area contributed by atoms with Crippen molar-refractivity contribution in [2.75, 3.05) is 26.2 Å². The highest BCUT2D eigenvalue weighted by Crippen LogP contribution is 2.50. The molecule has 0 unspecified atom stereocenters. The second kappa shape index (κ2) is 7.32.